The van der Waals surface area contributed by atoms with Crippen LogP contribution in [0.2, 0.25) is 0 Å². The second kappa shape index (κ2) is 7.22. The van der Waals surface area contributed by atoms with E-state index < -0.39 is 44.2 Å². The molecular formula is C18H22N4O8. The lowest BCUT2D eigenvalue weighted by atomic mass is 9.76. The van der Waals surface area contributed by atoms with Gasteiger partial charge in [-0.05, 0) is 44.1 Å². The molecule has 30 heavy (non-hydrogen) atoms. The molecule has 0 bridgehead atoms. The summed E-state index contributed by atoms with van der Waals surface area (Å²) in [5.74, 6) is -2.86. The van der Waals surface area contributed by atoms with E-state index in [0.717, 1.165) is 6.42 Å². The van der Waals surface area contributed by atoms with E-state index in [1.807, 2.05) is 0 Å². The third-order valence-corrected chi connectivity index (χ3v) is 6.55. The van der Waals surface area contributed by atoms with Crippen LogP contribution in [-0.2, 0) is 15.3 Å². The molecule has 12 heteroatoms. The molecular weight excluding hydrogens is 400 g/mol. The smallest absolute Gasteiger partial charge is 0.264 e. The molecule has 0 radical (unpaired) electrons. The first-order valence-corrected chi connectivity index (χ1v) is 9.92. The monoisotopic (exact) mass is 422 g/mol. The molecule has 162 valence electrons. The molecule has 2 atom stereocenters. The molecule has 1 aliphatic heterocycles. The minimum absolute atomic E-state index is 0.182. The number of nitrogens with zero attached hydrogens (tertiary/aromatic N) is 4. The van der Waals surface area contributed by atoms with Gasteiger partial charge in [-0.25, -0.2) is 4.84 Å². The average Bonchev–Trinajstić information content (AvgIpc) is 3.06. The van der Waals surface area contributed by atoms with Crippen molar-refractivity contribution in [3.05, 3.63) is 66.2 Å². The van der Waals surface area contributed by atoms with Crippen LogP contribution in [0.1, 0.15) is 56.9 Å². The molecule has 1 aromatic carbocycles. The van der Waals surface area contributed by atoms with Crippen molar-refractivity contribution in [2.75, 3.05) is 0 Å². The zero-order chi connectivity index (χ0) is 21.6. The fourth-order valence-corrected chi connectivity index (χ4v) is 4.80. The summed E-state index contributed by atoms with van der Waals surface area (Å²) in [5.41, 5.74) is -2.24. The molecule has 1 spiro atoms. The maximum absolute atomic E-state index is 11.9. The highest BCUT2D eigenvalue weighted by Crippen LogP contribution is 2.53. The molecule has 1 heterocycles. The van der Waals surface area contributed by atoms with E-state index in [4.69, 9.17) is 9.68 Å². The Morgan fingerprint density at radius 3 is 2.17 bits per heavy atom. The molecule has 2 unspecified atom stereocenters. The SMILES string of the molecule is O=[N+]([O-])C1CCCCC1(ON1OC2(CCC2)CC1([N+](=O)[O-])[N+](=O)[O-])c1ccccc1. The Morgan fingerprint density at radius 1 is 0.967 bits per heavy atom. The highest BCUT2D eigenvalue weighted by Gasteiger charge is 2.77. The lowest BCUT2D eigenvalue weighted by molar-refractivity contribution is -0.854. The summed E-state index contributed by atoms with van der Waals surface area (Å²) in [6, 6.07) is 7.13. The number of hydroxylamine groups is 2. The van der Waals surface area contributed by atoms with Crippen molar-refractivity contribution in [3.63, 3.8) is 0 Å². The van der Waals surface area contributed by atoms with Crippen molar-refractivity contribution >= 4 is 0 Å². The van der Waals surface area contributed by atoms with Crippen LogP contribution in [0.25, 0.3) is 0 Å². The summed E-state index contributed by atoms with van der Waals surface area (Å²) in [6.45, 7) is 0. The summed E-state index contributed by atoms with van der Waals surface area (Å²) >= 11 is 0. The van der Waals surface area contributed by atoms with Gasteiger partial charge in [0, 0.05) is 11.3 Å². The Kier molecular flexibility index (Phi) is 4.95. The zero-order valence-electron chi connectivity index (χ0n) is 16.2. The van der Waals surface area contributed by atoms with Crippen molar-refractivity contribution < 1.29 is 24.4 Å². The van der Waals surface area contributed by atoms with Crippen LogP contribution < -0.4 is 0 Å². The largest absolute Gasteiger partial charge is 0.569 e. The van der Waals surface area contributed by atoms with Gasteiger partial charge in [0.2, 0.25) is 6.04 Å². The fraction of sp³-hybridized carbons (Fsp3) is 0.667. The quantitative estimate of drug-likeness (QED) is 0.383. The molecule has 3 aliphatic rings. The van der Waals surface area contributed by atoms with E-state index >= 15 is 0 Å². The molecule has 1 saturated heterocycles. The molecule has 4 rings (SSSR count). The van der Waals surface area contributed by atoms with Gasteiger partial charge in [-0.1, -0.05) is 30.3 Å². The topological polar surface area (TPSA) is 151 Å². The first kappa shape index (κ1) is 20.6. The second-order valence-electron chi connectivity index (χ2n) is 8.24. The van der Waals surface area contributed by atoms with E-state index in [9.17, 15) is 30.3 Å². The molecule has 0 aromatic heterocycles. The van der Waals surface area contributed by atoms with Gasteiger partial charge in [-0.15, -0.1) is 0 Å². The maximum atomic E-state index is 11.9. The molecule has 1 aromatic rings. The standard InChI is InChI=1S/C18H22N4O8/c23-19(24)15-9-4-5-12-17(15,14-7-2-1-3-8-14)30-22-18(20(25)26,21(27)28)13-16(29-22)10-6-11-16/h1-3,7-8,15H,4-6,9-13H2. The van der Waals surface area contributed by atoms with Crippen LogP contribution in [0.15, 0.2) is 30.3 Å². The third-order valence-electron chi connectivity index (χ3n) is 6.55. The number of rotatable bonds is 6. The molecule has 0 N–H and O–H groups in total. The number of hydrogen-bond donors (Lipinski definition) is 0. The van der Waals surface area contributed by atoms with Crippen molar-refractivity contribution in [1.29, 1.82) is 0 Å². The molecule has 2 saturated carbocycles. The Labute approximate surface area is 171 Å². The van der Waals surface area contributed by atoms with Crippen LogP contribution in [0.3, 0.4) is 0 Å². The molecule has 3 fully saturated rings. The van der Waals surface area contributed by atoms with Gasteiger partial charge in [0.1, 0.15) is 21.9 Å². The molecule has 12 nitrogen and oxygen atoms in total. The fourth-order valence-electron chi connectivity index (χ4n) is 4.80. The van der Waals surface area contributed by atoms with Gasteiger partial charge in [-0.3, -0.25) is 35.2 Å². The summed E-state index contributed by atoms with van der Waals surface area (Å²) < 4.78 is 0. The first-order chi connectivity index (χ1) is 14.3. The predicted molar refractivity (Wildman–Crippen MR) is 99.3 cm³/mol. The number of nitro groups is 3. The summed E-state index contributed by atoms with van der Waals surface area (Å²) in [5, 5.41) is 36.2. The van der Waals surface area contributed by atoms with Crippen molar-refractivity contribution in [1.82, 2.24) is 5.23 Å². The Balaban J connectivity index is 1.81. The minimum atomic E-state index is -2.86. The van der Waals surface area contributed by atoms with Crippen LogP contribution >= 0.6 is 0 Å². The lowest BCUT2D eigenvalue weighted by Gasteiger charge is -2.41. The van der Waals surface area contributed by atoms with E-state index in [1.54, 1.807) is 30.3 Å². The lowest BCUT2D eigenvalue weighted by Crippen LogP contribution is -2.60. The van der Waals surface area contributed by atoms with Crippen molar-refractivity contribution in [2.24, 2.45) is 0 Å². The molecule has 2 aliphatic carbocycles. The van der Waals surface area contributed by atoms with Gasteiger partial charge >= 0.3 is 5.79 Å². The Bertz CT molecular complexity index is 847. The molecule has 0 amide bonds. The summed E-state index contributed by atoms with van der Waals surface area (Å²) in [7, 11) is 0. The second-order valence-corrected chi connectivity index (χ2v) is 8.24. The van der Waals surface area contributed by atoms with E-state index in [0.29, 0.717) is 36.5 Å². The van der Waals surface area contributed by atoms with E-state index in [2.05, 4.69) is 0 Å². The van der Waals surface area contributed by atoms with Crippen LogP contribution in [0, 0.1) is 30.3 Å². The highest BCUT2D eigenvalue weighted by molar-refractivity contribution is 5.25. The normalized spacial score (nSPS) is 29.9. The Hall–Kier alpha value is -2.70. The Morgan fingerprint density at radius 2 is 1.63 bits per heavy atom. The summed E-state index contributed by atoms with van der Waals surface area (Å²) in [6.07, 6.45) is 2.62. The number of hydrogen-bond acceptors (Lipinski definition) is 9. The van der Waals surface area contributed by atoms with Gasteiger partial charge < -0.3 is 0 Å². The van der Waals surface area contributed by atoms with Crippen molar-refractivity contribution in [3.8, 4) is 0 Å². The van der Waals surface area contributed by atoms with Crippen LogP contribution in [-0.4, -0.2) is 37.4 Å². The predicted octanol–water partition coefficient (Wildman–Crippen LogP) is 2.80. The summed E-state index contributed by atoms with van der Waals surface area (Å²) in [4.78, 5) is 44.9. The van der Waals surface area contributed by atoms with Gasteiger partial charge in [0.25, 0.3) is 0 Å². The maximum Gasteiger partial charge on any atom is 0.569 e. The van der Waals surface area contributed by atoms with Gasteiger partial charge in [0.05, 0.1) is 5.23 Å². The van der Waals surface area contributed by atoms with E-state index in [1.165, 1.54) is 0 Å². The highest BCUT2D eigenvalue weighted by atomic mass is 17.0. The third kappa shape index (κ3) is 2.94. The van der Waals surface area contributed by atoms with Gasteiger partial charge in [0.15, 0.2) is 5.60 Å². The number of benzene rings is 1. The first-order valence-electron chi connectivity index (χ1n) is 9.92. The average molecular weight is 422 g/mol. The minimum Gasteiger partial charge on any atom is -0.264 e. The van der Waals surface area contributed by atoms with Crippen molar-refractivity contribution in [2.45, 2.75) is 74.4 Å². The van der Waals surface area contributed by atoms with Crippen LogP contribution in [0.5, 0.6) is 0 Å². The zero-order valence-corrected chi connectivity index (χ0v) is 16.2. The van der Waals surface area contributed by atoms with Crippen LogP contribution in [0.4, 0.5) is 0 Å². The van der Waals surface area contributed by atoms with E-state index in [-0.39, 0.29) is 12.8 Å². The van der Waals surface area contributed by atoms with Gasteiger partial charge in [-0.2, -0.15) is 0 Å².